The smallest absolute Gasteiger partial charge is 0.242 e. The van der Waals surface area contributed by atoms with Crippen molar-refractivity contribution in [2.75, 3.05) is 18.0 Å². The van der Waals surface area contributed by atoms with Gasteiger partial charge in [-0.1, -0.05) is 0 Å². The van der Waals surface area contributed by atoms with Crippen molar-refractivity contribution >= 4 is 34.2 Å². The van der Waals surface area contributed by atoms with Crippen LogP contribution in [0.15, 0.2) is 5.38 Å². The number of carbonyl (C=O) groups excluding carboxylic acids is 3. The summed E-state index contributed by atoms with van der Waals surface area (Å²) in [6.07, 6.45) is 1.50. The van der Waals surface area contributed by atoms with Crippen molar-refractivity contribution in [3.05, 3.63) is 11.1 Å². The highest BCUT2D eigenvalue weighted by Crippen LogP contribution is 2.25. The molecule has 0 spiro atoms. The molecule has 1 aliphatic heterocycles. The van der Waals surface area contributed by atoms with Gasteiger partial charge in [-0.15, -0.1) is 11.3 Å². The highest BCUT2D eigenvalue weighted by atomic mass is 32.1. The minimum atomic E-state index is -0.578. The molecule has 0 aliphatic carbocycles. The van der Waals surface area contributed by atoms with Crippen LogP contribution in [0.25, 0.3) is 0 Å². The first-order valence-corrected chi connectivity index (χ1v) is 8.21. The Labute approximate surface area is 133 Å². The molecule has 0 bridgehead atoms. The first kappa shape index (κ1) is 16.4. The van der Waals surface area contributed by atoms with E-state index in [4.69, 9.17) is 0 Å². The molecule has 2 rings (SSSR count). The van der Waals surface area contributed by atoms with E-state index in [1.54, 1.807) is 17.2 Å². The zero-order valence-electron chi connectivity index (χ0n) is 12.7. The van der Waals surface area contributed by atoms with E-state index in [0.717, 1.165) is 6.42 Å². The molecule has 7 nitrogen and oxygen atoms in total. The number of rotatable bonds is 6. The first-order chi connectivity index (χ1) is 10.5. The van der Waals surface area contributed by atoms with Gasteiger partial charge in [-0.3, -0.25) is 19.3 Å². The maximum absolute atomic E-state index is 11.9. The van der Waals surface area contributed by atoms with E-state index < -0.39 is 6.04 Å². The van der Waals surface area contributed by atoms with Crippen LogP contribution in [0.4, 0.5) is 5.13 Å². The Kier molecular flexibility index (Phi) is 5.48. The third-order valence-electron chi connectivity index (χ3n) is 3.31. The third kappa shape index (κ3) is 4.03. The molecular weight excluding hydrogens is 304 g/mol. The minimum Gasteiger partial charge on any atom is -0.355 e. The van der Waals surface area contributed by atoms with E-state index in [2.05, 4.69) is 15.6 Å². The largest absolute Gasteiger partial charge is 0.355 e. The number of aromatic nitrogens is 1. The molecule has 1 atom stereocenters. The number of hydrogen-bond acceptors (Lipinski definition) is 5. The van der Waals surface area contributed by atoms with E-state index in [0.29, 0.717) is 30.3 Å². The van der Waals surface area contributed by atoms with Gasteiger partial charge in [-0.2, -0.15) is 0 Å². The molecular formula is C14H20N4O3S. The lowest BCUT2D eigenvalue weighted by atomic mass is 10.2. The molecule has 0 saturated carbocycles. The fourth-order valence-electron chi connectivity index (χ4n) is 2.20. The molecule has 0 radical (unpaired) electrons. The molecule has 1 aliphatic rings. The minimum absolute atomic E-state index is 0.0789. The van der Waals surface area contributed by atoms with E-state index in [-0.39, 0.29) is 24.1 Å². The average Bonchev–Trinajstić information content (AvgIpc) is 3.07. The normalized spacial score (nSPS) is 15.7. The van der Waals surface area contributed by atoms with Gasteiger partial charge < -0.3 is 10.6 Å². The summed E-state index contributed by atoms with van der Waals surface area (Å²) in [5.41, 5.74) is 0.611. The van der Waals surface area contributed by atoms with E-state index >= 15 is 0 Å². The van der Waals surface area contributed by atoms with Gasteiger partial charge in [0.15, 0.2) is 5.13 Å². The van der Waals surface area contributed by atoms with Crippen LogP contribution in [0.5, 0.6) is 0 Å². The number of anilines is 1. The SMILES string of the molecule is CCNC(=O)[C@H](C)NC(=O)Cc1csc(N2CCCC2=O)n1. The maximum atomic E-state index is 11.9. The van der Waals surface area contributed by atoms with E-state index in [9.17, 15) is 14.4 Å². The van der Waals surface area contributed by atoms with Crippen molar-refractivity contribution in [2.24, 2.45) is 0 Å². The Balaban J connectivity index is 1.88. The highest BCUT2D eigenvalue weighted by molar-refractivity contribution is 7.14. The Morgan fingerprint density at radius 2 is 2.27 bits per heavy atom. The topological polar surface area (TPSA) is 91.4 Å². The van der Waals surface area contributed by atoms with Crippen LogP contribution < -0.4 is 15.5 Å². The monoisotopic (exact) mass is 324 g/mol. The van der Waals surface area contributed by atoms with Crippen LogP contribution in [0.3, 0.4) is 0 Å². The second-order valence-corrected chi connectivity index (χ2v) is 5.97. The number of thiazole rings is 1. The van der Waals surface area contributed by atoms with Crippen LogP contribution in [0.2, 0.25) is 0 Å². The molecule has 0 aromatic carbocycles. The Bertz CT molecular complexity index is 572. The molecule has 2 heterocycles. The number of nitrogens with zero attached hydrogens (tertiary/aromatic N) is 2. The van der Waals surface area contributed by atoms with Gasteiger partial charge in [0.25, 0.3) is 0 Å². The summed E-state index contributed by atoms with van der Waals surface area (Å²) in [7, 11) is 0. The Morgan fingerprint density at radius 3 is 2.91 bits per heavy atom. The summed E-state index contributed by atoms with van der Waals surface area (Å²) in [5.74, 6) is -0.393. The Hall–Kier alpha value is -1.96. The van der Waals surface area contributed by atoms with Crippen molar-refractivity contribution in [3.8, 4) is 0 Å². The zero-order chi connectivity index (χ0) is 16.1. The van der Waals surface area contributed by atoms with Gasteiger partial charge in [0.1, 0.15) is 6.04 Å². The van der Waals surface area contributed by atoms with Crippen LogP contribution >= 0.6 is 11.3 Å². The number of hydrogen-bond donors (Lipinski definition) is 2. The molecule has 2 N–H and O–H groups in total. The standard InChI is InChI=1S/C14H20N4O3S/c1-3-15-13(21)9(2)16-11(19)7-10-8-22-14(17-10)18-6-4-5-12(18)20/h8-9H,3-7H2,1-2H3,(H,15,21)(H,16,19)/t9-/m0/s1. The number of amides is 3. The van der Waals surface area contributed by atoms with Crippen molar-refractivity contribution in [3.63, 3.8) is 0 Å². The first-order valence-electron chi connectivity index (χ1n) is 7.33. The summed E-state index contributed by atoms with van der Waals surface area (Å²) in [4.78, 5) is 41.1. The summed E-state index contributed by atoms with van der Waals surface area (Å²) < 4.78 is 0. The quantitative estimate of drug-likeness (QED) is 0.795. The summed E-state index contributed by atoms with van der Waals surface area (Å²) in [6.45, 7) is 4.67. The molecule has 1 saturated heterocycles. The summed E-state index contributed by atoms with van der Waals surface area (Å²) >= 11 is 1.36. The second-order valence-electron chi connectivity index (χ2n) is 5.13. The predicted molar refractivity (Wildman–Crippen MR) is 83.7 cm³/mol. The molecule has 3 amide bonds. The van der Waals surface area contributed by atoms with Gasteiger partial charge in [-0.05, 0) is 20.3 Å². The highest BCUT2D eigenvalue weighted by Gasteiger charge is 2.24. The molecule has 8 heteroatoms. The molecule has 120 valence electrons. The van der Waals surface area contributed by atoms with Crippen LogP contribution in [-0.4, -0.2) is 41.8 Å². The van der Waals surface area contributed by atoms with E-state index in [1.165, 1.54) is 11.3 Å². The lowest BCUT2D eigenvalue weighted by molar-refractivity contribution is -0.128. The third-order valence-corrected chi connectivity index (χ3v) is 4.22. The summed E-state index contributed by atoms with van der Waals surface area (Å²) in [5, 5.41) is 7.70. The summed E-state index contributed by atoms with van der Waals surface area (Å²) in [6, 6.07) is -0.578. The fourth-order valence-corrected chi connectivity index (χ4v) is 3.07. The molecule has 22 heavy (non-hydrogen) atoms. The van der Waals surface area contributed by atoms with Gasteiger partial charge in [0.05, 0.1) is 12.1 Å². The van der Waals surface area contributed by atoms with Crippen LogP contribution in [-0.2, 0) is 20.8 Å². The zero-order valence-corrected chi connectivity index (χ0v) is 13.5. The van der Waals surface area contributed by atoms with Crippen molar-refractivity contribution in [2.45, 2.75) is 39.2 Å². The van der Waals surface area contributed by atoms with Crippen molar-refractivity contribution < 1.29 is 14.4 Å². The van der Waals surface area contributed by atoms with Crippen LogP contribution in [0, 0.1) is 0 Å². The molecule has 0 unspecified atom stereocenters. The average molecular weight is 324 g/mol. The number of carbonyl (C=O) groups is 3. The van der Waals surface area contributed by atoms with Crippen LogP contribution in [0.1, 0.15) is 32.4 Å². The van der Waals surface area contributed by atoms with Gasteiger partial charge in [0.2, 0.25) is 17.7 Å². The van der Waals surface area contributed by atoms with Gasteiger partial charge in [-0.25, -0.2) is 4.98 Å². The van der Waals surface area contributed by atoms with E-state index in [1.807, 2.05) is 6.92 Å². The number of likely N-dealkylation sites (N-methyl/N-ethyl adjacent to an activating group) is 1. The predicted octanol–water partition coefficient (Wildman–Crippen LogP) is 0.453. The van der Waals surface area contributed by atoms with Gasteiger partial charge >= 0.3 is 0 Å². The second kappa shape index (κ2) is 7.35. The lowest BCUT2D eigenvalue weighted by Gasteiger charge is -2.13. The fraction of sp³-hybridized carbons (Fsp3) is 0.571. The lowest BCUT2D eigenvalue weighted by Crippen LogP contribution is -2.45. The van der Waals surface area contributed by atoms with Gasteiger partial charge in [0, 0.05) is 24.9 Å². The maximum Gasteiger partial charge on any atom is 0.242 e. The van der Waals surface area contributed by atoms with Crippen molar-refractivity contribution in [1.29, 1.82) is 0 Å². The molecule has 1 aromatic rings. The number of nitrogens with one attached hydrogen (secondary N) is 2. The van der Waals surface area contributed by atoms with Crippen molar-refractivity contribution in [1.82, 2.24) is 15.6 Å². The molecule has 1 fully saturated rings. The Morgan fingerprint density at radius 1 is 1.50 bits per heavy atom. The molecule has 1 aromatic heterocycles.